The minimum atomic E-state index is 0.129. The molecule has 0 radical (unpaired) electrons. The molecule has 3 atom stereocenters. The molecule has 0 fully saturated rings. The quantitative estimate of drug-likeness (QED) is 0.496. The lowest BCUT2D eigenvalue weighted by Gasteiger charge is -2.42. The van der Waals surface area contributed by atoms with Gasteiger partial charge in [-0.25, -0.2) is 0 Å². The molecule has 4 heterocycles. The summed E-state index contributed by atoms with van der Waals surface area (Å²) < 4.78 is 5.79. The Bertz CT molecular complexity index is 1100. The van der Waals surface area contributed by atoms with E-state index in [9.17, 15) is 0 Å². The average molecular weight is 342 g/mol. The van der Waals surface area contributed by atoms with Crippen LogP contribution in [0.1, 0.15) is 34.8 Å². The van der Waals surface area contributed by atoms with Crippen LogP contribution in [0.4, 0.5) is 5.69 Å². The third-order valence-corrected chi connectivity index (χ3v) is 5.94. The Labute approximate surface area is 151 Å². The maximum absolute atomic E-state index is 5.79. The predicted octanol–water partition coefficient (Wildman–Crippen LogP) is 3.42. The molecule has 0 amide bonds. The van der Waals surface area contributed by atoms with Gasteiger partial charge in [0.1, 0.15) is 0 Å². The number of para-hydroxylation sites is 2. The monoisotopic (exact) mass is 342 g/mol. The van der Waals surface area contributed by atoms with E-state index in [-0.39, 0.29) is 6.17 Å². The van der Waals surface area contributed by atoms with Gasteiger partial charge in [0.15, 0.2) is 11.8 Å². The third kappa shape index (κ3) is 1.88. The summed E-state index contributed by atoms with van der Waals surface area (Å²) in [6, 6.07) is 21.7. The van der Waals surface area contributed by atoms with E-state index < -0.39 is 0 Å². The zero-order chi connectivity index (χ0) is 17.1. The molecule has 4 heteroatoms. The minimum absolute atomic E-state index is 0.129. The van der Waals surface area contributed by atoms with E-state index >= 15 is 0 Å². The summed E-state index contributed by atoms with van der Waals surface area (Å²) in [4.78, 5) is 5.24. The Morgan fingerprint density at radius 2 is 1.85 bits per heavy atom. The summed E-state index contributed by atoms with van der Waals surface area (Å²) in [5.74, 6) is 0.999. The van der Waals surface area contributed by atoms with Crippen LogP contribution in [-0.2, 0) is 6.42 Å². The number of nitrogens with one attached hydrogen (secondary N) is 3. The fraction of sp³-hybridized carbons (Fsp3) is 0.182. The van der Waals surface area contributed by atoms with Crippen molar-refractivity contribution in [2.24, 2.45) is 0 Å². The Hall–Kier alpha value is -2.98. The Kier molecular flexibility index (Phi) is 2.87. The van der Waals surface area contributed by atoms with Crippen molar-refractivity contribution in [3.05, 3.63) is 89.5 Å². The van der Waals surface area contributed by atoms with Gasteiger partial charge in [-0.05, 0) is 29.8 Å². The van der Waals surface area contributed by atoms with Gasteiger partial charge in [0.05, 0.1) is 18.5 Å². The number of hydrogen-bond donors (Lipinski definition) is 3. The summed E-state index contributed by atoms with van der Waals surface area (Å²) in [7, 11) is 0. The van der Waals surface area contributed by atoms with Gasteiger partial charge in [-0.1, -0.05) is 36.4 Å². The molecule has 1 unspecified atom stereocenters. The van der Waals surface area contributed by atoms with Crippen LogP contribution >= 0.6 is 0 Å². The molecular formula is C22H20N3O+. The zero-order valence-electron chi connectivity index (χ0n) is 14.3. The van der Waals surface area contributed by atoms with E-state index in [4.69, 9.17) is 4.42 Å². The molecule has 6 rings (SSSR count). The first-order chi connectivity index (χ1) is 12.9. The van der Waals surface area contributed by atoms with Crippen molar-refractivity contribution in [1.82, 2.24) is 4.98 Å². The van der Waals surface area contributed by atoms with Crippen molar-refractivity contribution in [3.63, 3.8) is 0 Å². The van der Waals surface area contributed by atoms with Crippen LogP contribution in [0.15, 0.2) is 71.3 Å². The molecule has 0 saturated carbocycles. The van der Waals surface area contributed by atoms with Crippen molar-refractivity contribution in [1.29, 1.82) is 0 Å². The first-order valence-electron chi connectivity index (χ1n) is 9.24. The number of quaternary nitrogens is 1. The molecule has 0 spiro atoms. The fourth-order valence-electron chi connectivity index (χ4n) is 4.84. The lowest BCUT2D eigenvalue weighted by Crippen LogP contribution is -3.15. The van der Waals surface area contributed by atoms with E-state index in [1.165, 1.54) is 38.3 Å². The largest absolute Gasteiger partial charge is 0.461 e. The van der Waals surface area contributed by atoms with E-state index in [2.05, 4.69) is 64.9 Å². The molecule has 4 aromatic rings. The van der Waals surface area contributed by atoms with Gasteiger partial charge in [0.2, 0.25) is 6.17 Å². The Balaban J connectivity index is 1.59. The van der Waals surface area contributed by atoms with Gasteiger partial charge in [0, 0.05) is 28.6 Å². The molecule has 3 N–H and O–H groups in total. The van der Waals surface area contributed by atoms with Crippen LogP contribution in [-0.4, -0.2) is 11.5 Å². The molecular weight excluding hydrogens is 322 g/mol. The number of anilines is 1. The average Bonchev–Trinajstić information content (AvgIpc) is 3.34. The molecule has 26 heavy (non-hydrogen) atoms. The first kappa shape index (κ1) is 14.2. The van der Waals surface area contributed by atoms with E-state index in [1.54, 1.807) is 6.26 Å². The lowest BCUT2D eigenvalue weighted by molar-refractivity contribution is -0.957. The van der Waals surface area contributed by atoms with Crippen LogP contribution < -0.4 is 10.2 Å². The smallest absolute Gasteiger partial charge is 0.221 e. The van der Waals surface area contributed by atoms with E-state index in [1.807, 2.05) is 6.07 Å². The number of aromatic nitrogens is 1. The maximum atomic E-state index is 5.79. The highest BCUT2D eigenvalue weighted by Gasteiger charge is 2.45. The zero-order valence-corrected chi connectivity index (χ0v) is 14.3. The summed E-state index contributed by atoms with van der Waals surface area (Å²) in [5.41, 5.74) is 6.64. The minimum Gasteiger partial charge on any atom is -0.461 e. The third-order valence-electron chi connectivity index (χ3n) is 5.94. The highest BCUT2D eigenvalue weighted by molar-refractivity contribution is 5.85. The van der Waals surface area contributed by atoms with Gasteiger partial charge < -0.3 is 14.7 Å². The van der Waals surface area contributed by atoms with Crippen molar-refractivity contribution in [2.45, 2.75) is 18.6 Å². The van der Waals surface area contributed by atoms with Crippen LogP contribution in [0, 0.1) is 0 Å². The number of benzene rings is 2. The SMILES string of the molecule is c1coc([C@H]2Nc3ccccc3[C@H]3c4[nH]c5ccccc5c4CC[NH+]32)c1. The van der Waals surface area contributed by atoms with Gasteiger partial charge in [-0.3, -0.25) is 4.90 Å². The summed E-state index contributed by atoms with van der Waals surface area (Å²) >= 11 is 0. The lowest BCUT2D eigenvalue weighted by atomic mass is 9.89. The standard InChI is InChI=1S/C22H19N3O/c1-3-8-17-14(6-1)15-11-12-25-21(20(15)23-17)16-7-2-4-9-18(16)24-22(25)19-10-5-13-26-19/h1-10,13,21-24H,11-12H2/p+1/t21-,22-/m0/s1. The summed E-state index contributed by atoms with van der Waals surface area (Å²) in [6.45, 7) is 1.08. The van der Waals surface area contributed by atoms with Crippen molar-refractivity contribution < 1.29 is 9.32 Å². The van der Waals surface area contributed by atoms with Crippen molar-refractivity contribution in [2.75, 3.05) is 11.9 Å². The van der Waals surface area contributed by atoms with Crippen LogP contribution in [0.2, 0.25) is 0 Å². The highest BCUT2D eigenvalue weighted by atomic mass is 16.3. The van der Waals surface area contributed by atoms with Crippen LogP contribution in [0.25, 0.3) is 10.9 Å². The van der Waals surface area contributed by atoms with E-state index in [0.29, 0.717) is 6.04 Å². The van der Waals surface area contributed by atoms with Crippen LogP contribution in [0.5, 0.6) is 0 Å². The molecule has 2 aromatic heterocycles. The molecule has 0 aliphatic carbocycles. The topological polar surface area (TPSA) is 45.4 Å². The normalized spacial score (nSPS) is 23.8. The Morgan fingerprint density at radius 3 is 2.77 bits per heavy atom. The molecule has 4 nitrogen and oxygen atoms in total. The molecule has 0 saturated heterocycles. The highest BCUT2D eigenvalue weighted by Crippen LogP contribution is 2.38. The number of rotatable bonds is 1. The second kappa shape index (κ2) is 5.26. The number of fused-ring (bicyclic) bond motifs is 7. The van der Waals surface area contributed by atoms with Gasteiger partial charge in [-0.2, -0.15) is 0 Å². The van der Waals surface area contributed by atoms with Gasteiger partial charge >= 0.3 is 0 Å². The fourth-order valence-corrected chi connectivity index (χ4v) is 4.84. The van der Waals surface area contributed by atoms with Crippen molar-refractivity contribution in [3.8, 4) is 0 Å². The van der Waals surface area contributed by atoms with Gasteiger partial charge in [0.25, 0.3) is 0 Å². The van der Waals surface area contributed by atoms with E-state index in [0.717, 1.165) is 18.7 Å². The Morgan fingerprint density at radius 1 is 0.962 bits per heavy atom. The summed E-state index contributed by atoms with van der Waals surface area (Å²) in [6.07, 6.45) is 2.97. The number of H-pyrrole nitrogens is 1. The predicted molar refractivity (Wildman–Crippen MR) is 101 cm³/mol. The molecule has 2 aliphatic rings. The van der Waals surface area contributed by atoms with Crippen molar-refractivity contribution >= 4 is 16.6 Å². The number of hydrogen-bond acceptors (Lipinski definition) is 2. The number of aromatic amines is 1. The van der Waals surface area contributed by atoms with Crippen LogP contribution in [0.3, 0.4) is 0 Å². The second-order valence-corrected chi connectivity index (χ2v) is 7.25. The van der Waals surface area contributed by atoms with Gasteiger partial charge in [-0.15, -0.1) is 0 Å². The molecule has 128 valence electrons. The second-order valence-electron chi connectivity index (χ2n) is 7.25. The molecule has 2 aromatic carbocycles. The maximum Gasteiger partial charge on any atom is 0.221 e. The molecule has 0 bridgehead atoms. The first-order valence-corrected chi connectivity index (χ1v) is 9.24. The number of furan rings is 1. The molecule has 2 aliphatic heterocycles. The summed E-state index contributed by atoms with van der Waals surface area (Å²) in [5, 5.41) is 5.09.